The van der Waals surface area contributed by atoms with E-state index in [1.54, 1.807) is 6.92 Å². The van der Waals surface area contributed by atoms with Crippen LogP contribution in [0.25, 0.3) is 0 Å². The van der Waals surface area contributed by atoms with Gasteiger partial charge >= 0.3 is 0 Å². The average Bonchev–Trinajstić information content (AvgIpc) is 2.43. The van der Waals surface area contributed by atoms with Gasteiger partial charge in [0.25, 0.3) is 0 Å². The van der Waals surface area contributed by atoms with Crippen LogP contribution in [0.1, 0.15) is 30.9 Å². The molecule has 1 saturated heterocycles. The van der Waals surface area contributed by atoms with Crippen LogP contribution in [0.5, 0.6) is 5.75 Å². The second kappa shape index (κ2) is 6.75. The lowest BCUT2D eigenvalue weighted by atomic mass is 9.96. The number of aromatic hydroxyl groups is 1. The van der Waals surface area contributed by atoms with Crippen molar-refractivity contribution in [3.63, 3.8) is 0 Å². The van der Waals surface area contributed by atoms with Gasteiger partial charge in [-0.25, -0.2) is 0 Å². The second-order valence-electron chi connectivity index (χ2n) is 5.74. The highest BCUT2D eigenvalue weighted by Gasteiger charge is 2.20. The molecule has 0 spiro atoms. The molecule has 1 aliphatic heterocycles. The van der Waals surface area contributed by atoms with Crippen molar-refractivity contribution in [3.8, 4) is 5.75 Å². The van der Waals surface area contributed by atoms with Crippen LogP contribution in [0.3, 0.4) is 0 Å². The number of nitrogens with one attached hydrogen (secondary N) is 1. The summed E-state index contributed by atoms with van der Waals surface area (Å²) < 4.78 is 0. The van der Waals surface area contributed by atoms with Gasteiger partial charge in [-0.1, -0.05) is 18.2 Å². The zero-order chi connectivity index (χ0) is 14.5. The van der Waals surface area contributed by atoms with Gasteiger partial charge in [-0.2, -0.15) is 0 Å². The highest BCUT2D eigenvalue weighted by molar-refractivity contribution is 5.72. The highest BCUT2D eigenvalue weighted by Crippen LogP contribution is 2.25. The van der Waals surface area contributed by atoms with E-state index in [9.17, 15) is 9.90 Å². The third kappa shape index (κ3) is 3.97. The van der Waals surface area contributed by atoms with Gasteiger partial charge in [-0.15, -0.1) is 0 Å². The maximum atomic E-state index is 10.9. The van der Waals surface area contributed by atoms with Crippen molar-refractivity contribution < 1.29 is 9.90 Å². The Morgan fingerprint density at radius 2 is 2.10 bits per heavy atom. The van der Waals surface area contributed by atoms with Crippen LogP contribution in [0.4, 0.5) is 0 Å². The standard InChI is InChI=1S/C16H24N2O2/c1-12-4-3-5-15(16(12)20)11-18-8-6-14(7-9-18)10-17-13(2)19/h3-5,14,20H,6-11H2,1-2H3,(H,17,19). The Morgan fingerprint density at radius 1 is 1.40 bits per heavy atom. The Balaban J connectivity index is 1.82. The number of aryl methyl sites for hydroxylation is 1. The first-order chi connectivity index (χ1) is 9.56. The summed E-state index contributed by atoms with van der Waals surface area (Å²) in [6, 6.07) is 5.91. The van der Waals surface area contributed by atoms with E-state index in [0.29, 0.717) is 11.7 Å². The summed E-state index contributed by atoms with van der Waals surface area (Å²) in [5.41, 5.74) is 1.94. The minimum Gasteiger partial charge on any atom is -0.507 e. The number of carbonyl (C=O) groups is 1. The molecule has 0 saturated carbocycles. The van der Waals surface area contributed by atoms with Gasteiger partial charge in [-0.3, -0.25) is 9.69 Å². The second-order valence-corrected chi connectivity index (χ2v) is 5.74. The monoisotopic (exact) mass is 276 g/mol. The number of phenols is 1. The van der Waals surface area contributed by atoms with Crippen LogP contribution in [0, 0.1) is 12.8 Å². The van der Waals surface area contributed by atoms with Crippen LogP contribution >= 0.6 is 0 Å². The van der Waals surface area contributed by atoms with Crippen LogP contribution in [0.15, 0.2) is 18.2 Å². The summed E-state index contributed by atoms with van der Waals surface area (Å²) >= 11 is 0. The van der Waals surface area contributed by atoms with E-state index in [4.69, 9.17) is 0 Å². The number of rotatable bonds is 4. The molecule has 2 N–H and O–H groups in total. The number of amides is 1. The molecule has 0 unspecified atom stereocenters. The molecule has 2 rings (SSSR count). The Hall–Kier alpha value is -1.55. The van der Waals surface area contributed by atoms with Crippen molar-refractivity contribution in [2.75, 3.05) is 19.6 Å². The molecule has 1 aliphatic rings. The van der Waals surface area contributed by atoms with Crippen LogP contribution < -0.4 is 5.32 Å². The molecule has 1 amide bonds. The third-order valence-corrected chi connectivity index (χ3v) is 4.06. The summed E-state index contributed by atoms with van der Waals surface area (Å²) in [7, 11) is 0. The Labute approximate surface area is 120 Å². The molecule has 0 aliphatic carbocycles. The third-order valence-electron chi connectivity index (χ3n) is 4.06. The molecule has 110 valence electrons. The predicted octanol–water partition coefficient (Wildman–Crippen LogP) is 2.05. The van der Waals surface area contributed by atoms with Gasteiger partial charge in [0.1, 0.15) is 5.75 Å². The number of nitrogens with zero attached hydrogens (tertiary/aromatic N) is 1. The summed E-state index contributed by atoms with van der Waals surface area (Å²) in [6.07, 6.45) is 2.21. The summed E-state index contributed by atoms with van der Waals surface area (Å²) in [4.78, 5) is 13.3. The quantitative estimate of drug-likeness (QED) is 0.885. The van der Waals surface area contributed by atoms with Crippen molar-refractivity contribution in [3.05, 3.63) is 29.3 Å². The number of phenolic OH excluding ortho intramolecular Hbond substituents is 1. The van der Waals surface area contributed by atoms with Crippen molar-refractivity contribution in [1.29, 1.82) is 0 Å². The molecule has 4 nitrogen and oxygen atoms in total. The number of hydrogen-bond acceptors (Lipinski definition) is 3. The van der Waals surface area contributed by atoms with Crippen LogP contribution in [0.2, 0.25) is 0 Å². The minimum atomic E-state index is 0.0529. The highest BCUT2D eigenvalue weighted by atomic mass is 16.3. The van der Waals surface area contributed by atoms with E-state index in [1.807, 2.05) is 25.1 Å². The minimum absolute atomic E-state index is 0.0529. The number of likely N-dealkylation sites (tertiary alicyclic amines) is 1. The lowest BCUT2D eigenvalue weighted by Crippen LogP contribution is -2.37. The fourth-order valence-corrected chi connectivity index (χ4v) is 2.72. The van der Waals surface area contributed by atoms with E-state index >= 15 is 0 Å². The van der Waals surface area contributed by atoms with Gasteiger partial charge in [0.15, 0.2) is 0 Å². The van der Waals surface area contributed by atoms with Gasteiger partial charge in [0, 0.05) is 25.6 Å². The molecule has 1 aromatic rings. The number of benzene rings is 1. The van der Waals surface area contributed by atoms with E-state index < -0.39 is 0 Å². The van der Waals surface area contributed by atoms with Gasteiger partial charge in [-0.05, 0) is 44.3 Å². The maximum absolute atomic E-state index is 10.9. The zero-order valence-corrected chi connectivity index (χ0v) is 12.4. The van der Waals surface area contributed by atoms with Crippen molar-refractivity contribution in [2.45, 2.75) is 33.2 Å². The summed E-state index contributed by atoms with van der Waals surface area (Å²) in [5.74, 6) is 1.06. The average molecular weight is 276 g/mol. The molecule has 0 radical (unpaired) electrons. The Kier molecular flexibility index (Phi) is 5.01. The van der Waals surface area contributed by atoms with E-state index in [2.05, 4.69) is 10.2 Å². The van der Waals surface area contributed by atoms with Crippen molar-refractivity contribution in [1.82, 2.24) is 10.2 Å². The summed E-state index contributed by atoms with van der Waals surface area (Å²) in [6.45, 7) is 7.14. The van der Waals surface area contributed by atoms with E-state index in [1.165, 1.54) is 0 Å². The zero-order valence-electron chi connectivity index (χ0n) is 12.4. The maximum Gasteiger partial charge on any atom is 0.216 e. The van der Waals surface area contributed by atoms with Crippen LogP contribution in [-0.4, -0.2) is 35.5 Å². The summed E-state index contributed by atoms with van der Waals surface area (Å²) in [5, 5.41) is 13.0. The van der Waals surface area contributed by atoms with Gasteiger partial charge in [0.2, 0.25) is 5.91 Å². The number of para-hydroxylation sites is 1. The molecular weight excluding hydrogens is 252 g/mol. The van der Waals surface area contributed by atoms with Crippen molar-refractivity contribution >= 4 is 5.91 Å². The number of carbonyl (C=O) groups excluding carboxylic acids is 1. The fraction of sp³-hybridized carbons (Fsp3) is 0.562. The molecule has 0 bridgehead atoms. The number of hydrogen-bond donors (Lipinski definition) is 2. The van der Waals surface area contributed by atoms with E-state index in [-0.39, 0.29) is 5.91 Å². The molecule has 1 fully saturated rings. The Bertz CT molecular complexity index is 466. The molecule has 0 atom stereocenters. The SMILES string of the molecule is CC(=O)NCC1CCN(Cc2cccc(C)c2O)CC1. The lowest BCUT2D eigenvalue weighted by molar-refractivity contribution is -0.119. The molecule has 1 heterocycles. The first-order valence-electron chi connectivity index (χ1n) is 7.30. The fourth-order valence-electron chi connectivity index (χ4n) is 2.72. The smallest absolute Gasteiger partial charge is 0.216 e. The molecular formula is C16H24N2O2. The molecule has 0 aromatic heterocycles. The van der Waals surface area contributed by atoms with Crippen LogP contribution in [-0.2, 0) is 11.3 Å². The van der Waals surface area contributed by atoms with Crippen molar-refractivity contribution in [2.24, 2.45) is 5.92 Å². The molecule has 20 heavy (non-hydrogen) atoms. The molecule has 4 heteroatoms. The van der Waals surface area contributed by atoms with Gasteiger partial charge in [0.05, 0.1) is 0 Å². The molecule has 1 aromatic carbocycles. The predicted molar refractivity (Wildman–Crippen MR) is 79.5 cm³/mol. The van der Waals surface area contributed by atoms with E-state index in [0.717, 1.165) is 50.1 Å². The largest absolute Gasteiger partial charge is 0.507 e. The number of piperidine rings is 1. The Morgan fingerprint density at radius 3 is 2.75 bits per heavy atom. The first kappa shape index (κ1) is 14.9. The topological polar surface area (TPSA) is 52.6 Å². The normalized spacial score (nSPS) is 17.1. The lowest BCUT2D eigenvalue weighted by Gasteiger charge is -2.32. The first-order valence-corrected chi connectivity index (χ1v) is 7.30. The van der Waals surface area contributed by atoms with Gasteiger partial charge < -0.3 is 10.4 Å².